The largest absolute Gasteiger partial charge is 0.335 e. The lowest BCUT2D eigenvalue weighted by atomic mass is 10.0. The van der Waals surface area contributed by atoms with Gasteiger partial charge in [-0.2, -0.15) is 5.10 Å². The maximum atomic E-state index is 12.9. The fourth-order valence-corrected chi connectivity index (χ4v) is 3.79. The van der Waals surface area contributed by atoms with E-state index >= 15 is 0 Å². The van der Waals surface area contributed by atoms with Gasteiger partial charge < -0.3 is 9.47 Å². The van der Waals surface area contributed by atoms with E-state index < -0.39 is 0 Å². The minimum Gasteiger partial charge on any atom is -0.335 e. The number of likely N-dealkylation sites (tertiary alicyclic amines) is 1. The number of pyridine rings is 1. The van der Waals surface area contributed by atoms with Gasteiger partial charge in [-0.05, 0) is 44.9 Å². The lowest BCUT2D eigenvalue weighted by molar-refractivity contribution is 0.0672. The Hall–Kier alpha value is -2.96. The number of aromatic nitrogens is 5. The quantitative estimate of drug-likeness (QED) is 0.714. The van der Waals surface area contributed by atoms with Crippen molar-refractivity contribution in [3.8, 4) is 11.4 Å². The van der Waals surface area contributed by atoms with Crippen LogP contribution in [0.15, 0.2) is 43.0 Å². The summed E-state index contributed by atoms with van der Waals surface area (Å²) in [6, 6.07) is 5.96. The Bertz CT molecular complexity index is 929. The smallest absolute Gasteiger partial charge is 0.274 e. The van der Waals surface area contributed by atoms with Crippen LogP contribution in [-0.4, -0.2) is 48.2 Å². The summed E-state index contributed by atoms with van der Waals surface area (Å²) in [4.78, 5) is 23.5. The molecule has 0 aromatic carbocycles. The minimum absolute atomic E-state index is 0.00938. The van der Waals surface area contributed by atoms with Crippen molar-refractivity contribution < 1.29 is 4.79 Å². The van der Waals surface area contributed by atoms with Gasteiger partial charge in [0.1, 0.15) is 11.5 Å². The Morgan fingerprint density at radius 1 is 1.26 bits per heavy atom. The molecular weight excluding hydrogens is 340 g/mol. The Morgan fingerprint density at radius 3 is 2.81 bits per heavy atom. The van der Waals surface area contributed by atoms with Crippen molar-refractivity contribution in [2.45, 2.75) is 39.3 Å². The van der Waals surface area contributed by atoms with Gasteiger partial charge in [0.25, 0.3) is 5.91 Å². The highest BCUT2D eigenvalue weighted by Gasteiger charge is 2.28. The summed E-state index contributed by atoms with van der Waals surface area (Å²) in [7, 11) is 0. The number of imidazole rings is 1. The number of carbonyl (C=O) groups is 1. The van der Waals surface area contributed by atoms with E-state index in [-0.39, 0.29) is 11.9 Å². The van der Waals surface area contributed by atoms with Crippen LogP contribution in [0.3, 0.4) is 0 Å². The topological polar surface area (TPSA) is 68.8 Å². The van der Waals surface area contributed by atoms with Crippen LogP contribution >= 0.6 is 0 Å². The second-order valence-corrected chi connectivity index (χ2v) is 6.93. The number of piperidine rings is 1. The first-order valence-electron chi connectivity index (χ1n) is 9.44. The SMILES string of the molecule is CCn1ccc(C(=O)N2CCCC(n3c(C)cnc3-c3ccncc3)C2)n1. The molecule has 3 aromatic heterocycles. The van der Waals surface area contributed by atoms with Gasteiger partial charge in [-0.25, -0.2) is 4.98 Å². The highest BCUT2D eigenvalue weighted by molar-refractivity contribution is 5.92. The van der Waals surface area contributed by atoms with Gasteiger partial charge in [0.15, 0.2) is 0 Å². The summed E-state index contributed by atoms with van der Waals surface area (Å²) in [6.45, 7) is 6.29. The van der Waals surface area contributed by atoms with E-state index in [1.54, 1.807) is 23.1 Å². The first-order valence-corrected chi connectivity index (χ1v) is 9.44. The first-order chi connectivity index (χ1) is 13.2. The Balaban J connectivity index is 1.59. The van der Waals surface area contributed by atoms with Crippen LogP contribution < -0.4 is 0 Å². The minimum atomic E-state index is 0.00938. The fraction of sp³-hybridized carbons (Fsp3) is 0.400. The van der Waals surface area contributed by atoms with E-state index in [9.17, 15) is 4.79 Å². The Kier molecular flexibility index (Phi) is 4.75. The van der Waals surface area contributed by atoms with Gasteiger partial charge >= 0.3 is 0 Å². The predicted octanol–water partition coefficient (Wildman–Crippen LogP) is 2.95. The molecule has 0 aliphatic carbocycles. The molecule has 0 radical (unpaired) electrons. The molecule has 7 heteroatoms. The molecule has 1 amide bonds. The lowest BCUT2D eigenvalue weighted by Crippen LogP contribution is -2.41. The van der Waals surface area contributed by atoms with Gasteiger partial charge in [-0.3, -0.25) is 14.5 Å². The third kappa shape index (κ3) is 3.37. The summed E-state index contributed by atoms with van der Waals surface area (Å²) in [5.74, 6) is 0.944. The Labute approximate surface area is 158 Å². The van der Waals surface area contributed by atoms with Gasteiger partial charge in [0.05, 0.1) is 6.04 Å². The normalized spacial score (nSPS) is 17.3. The molecule has 0 spiro atoms. The predicted molar refractivity (Wildman–Crippen MR) is 102 cm³/mol. The maximum Gasteiger partial charge on any atom is 0.274 e. The van der Waals surface area contributed by atoms with Gasteiger partial charge in [0.2, 0.25) is 0 Å². The van der Waals surface area contributed by atoms with Crippen LogP contribution in [0.2, 0.25) is 0 Å². The van der Waals surface area contributed by atoms with Gasteiger partial charge in [-0.15, -0.1) is 0 Å². The van der Waals surface area contributed by atoms with Crippen molar-refractivity contribution in [3.63, 3.8) is 0 Å². The zero-order chi connectivity index (χ0) is 18.8. The monoisotopic (exact) mass is 364 g/mol. The Morgan fingerprint density at radius 2 is 2.07 bits per heavy atom. The molecule has 3 aromatic rings. The van der Waals surface area contributed by atoms with Crippen LogP contribution in [0.4, 0.5) is 0 Å². The highest BCUT2D eigenvalue weighted by Crippen LogP contribution is 2.29. The molecule has 0 bridgehead atoms. The molecule has 0 saturated carbocycles. The summed E-state index contributed by atoms with van der Waals surface area (Å²) >= 11 is 0. The van der Waals surface area contributed by atoms with Gasteiger partial charge in [-0.1, -0.05) is 0 Å². The van der Waals surface area contributed by atoms with Crippen molar-refractivity contribution in [2.75, 3.05) is 13.1 Å². The molecule has 27 heavy (non-hydrogen) atoms. The molecule has 0 N–H and O–H groups in total. The second kappa shape index (κ2) is 7.34. The summed E-state index contributed by atoms with van der Waals surface area (Å²) < 4.78 is 4.05. The number of aryl methyl sites for hydroxylation is 2. The fourth-order valence-electron chi connectivity index (χ4n) is 3.79. The third-order valence-electron chi connectivity index (χ3n) is 5.15. The van der Waals surface area contributed by atoms with Crippen molar-refractivity contribution in [1.29, 1.82) is 0 Å². The zero-order valence-electron chi connectivity index (χ0n) is 15.7. The van der Waals surface area contributed by atoms with Crippen molar-refractivity contribution in [1.82, 2.24) is 29.2 Å². The van der Waals surface area contributed by atoms with Crippen molar-refractivity contribution >= 4 is 5.91 Å². The zero-order valence-corrected chi connectivity index (χ0v) is 15.7. The number of hydrogen-bond acceptors (Lipinski definition) is 4. The molecule has 1 atom stereocenters. The van der Waals surface area contributed by atoms with Gasteiger partial charge in [0, 0.05) is 55.7 Å². The standard InChI is InChI=1S/C20H24N6O/c1-3-25-12-8-18(23-25)20(27)24-11-4-5-17(14-24)26-15(2)13-22-19(26)16-6-9-21-10-7-16/h6-10,12-13,17H,3-5,11,14H2,1-2H3. The van der Waals surface area contributed by atoms with E-state index in [2.05, 4.69) is 26.6 Å². The van der Waals surface area contributed by atoms with Crippen LogP contribution in [0.5, 0.6) is 0 Å². The average molecular weight is 364 g/mol. The number of rotatable bonds is 4. The van der Waals surface area contributed by atoms with E-state index in [4.69, 9.17) is 0 Å². The molecular formula is C20H24N6O. The van der Waals surface area contributed by atoms with E-state index in [1.165, 1.54) is 0 Å². The number of carbonyl (C=O) groups excluding carboxylic acids is 1. The second-order valence-electron chi connectivity index (χ2n) is 6.93. The maximum absolute atomic E-state index is 12.9. The summed E-state index contributed by atoms with van der Waals surface area (Å²) in [5, 5.41) is 4.37. The van der Waals surface area contributed by atoms with E-state index in [0.29, 0.717) is 12.2 Å². The average Bonchev–Trinajstić information content (AvgIpc) is 3.35. The van der Waals surface area contributed by atoms with E-state index in [0.717, 1.165) is 43.0 Å². The molecule has 4 rings (SSSR count). The molecule has 4 heterocycles. The van der Waals surface area contributed by atoms with E-state index in [1.807, 2.05) is 36.4 Å². The van der Waals surface area contributed by atoms with Crippen LogP contribution in [0.25, 0.3) is 11.4 Å². The number of nitrogens with zero attached hydrogens (tertiary/aromatic N) is 6. The number of amides is 1. The summed E-state index contributed by atoms with van der Waals surface area (Å²) in [6.07, 6.45) is 9.32. The lowest BCUT2D eigenvalue weighted by Gasteiger charge is -2.34. The summed E-state index contributed by atoms with van der Waals surface area (Å²) in [5.41, 5.74) is 2.67. The molecule has 1 unspecified atom stereocenters. The van der Waals surface area contributed by atoms with Crippen LogP contribution in [0.1, 0.15) is 42.0 Å². The highest BCUT2D eigenvalue weighted by atomic mass is 16.2. The van der Waals surface area contributed by atoms with Crippen LogP contribution in [-0.2, 0) is 6.54 Å². The number of hydrogen-bond donors (Lipinski definition) is 0. The first kappa shape index (κ1) is 17.5. The molecule has 1 aliphatic rings. The van der Waals surface area contributed by atoms with Crippen molar-refractivity contribution in [3.05, 3.63) is 54.4 Å². The molecule has 1 saturated heterocycles. The van der Waals surface area contributed by atoms with Crippen molar-refractivity contribution in [2.24, 2.45) is 0 Å². The van der Waals surface area contributed by atoms with Crippen LogP contribution in [0, 0.1) is 6.92 Å². The molecule has 1 fully saturated rings. The molecule has 140 valence electrons. The molecule has 1 aliphatic heterocycles. The molecule has 7 nitrogen and oxygen atoms in total. The third-order valence-corrected chi connectivity index (χ3v) is 5.15.